The van der Waals surface area contributed by atoms with Gasteiger partial charge in [-0.3, -0.25) is 4.79 Å². The molecule has 1 amide bonds. The van der Waals surface area contributed by atoms with E-state index < -0.39 is 11.7 Å². The van der Waals surface area contributed by atoms with Gasteiger partial charge < -0.3 is 10.6 Å². The molecule has 0 saturated heterocycles. The lowest BCUT2D eigenvalue weighted by molar-refractivity contribution is -0.137. The van der Waals surface area contributed by atoms with Crippen LogP contribution in [0.5, 0.6) is 0 Å². The summed E-state index contributed by atoms with van der Waals surface area (Å²) in [6, 6.07) is 12.6. The highest BCUT2D eigenvalue weighted by Gasteiger charge is 2.30. The number of hydrogen-bond acceptors (Lipinski definition) is 5. The first-order chi connectivity index (χ1) is 13.3. The molecule has 3 aromatic rings. The van der Waals surface area contributed by atoms with Gasteiger partial charge in [-0.05, 0) is 36.2 Å². The van der Waals surface area contributed by atoms with E-state index in [2.05, 4.69) is 20.8 Å². The summed E-state index contributed by atoms with van der Waals surface area (Å²) in [5, 5.41) is 14.8. The molecule has 0 radical (unpaired) electrons. The van der Waals surface area contributed by atoms with Gasteiger partial charge in [-0.1, -0.05) is 41.7 Å². The standard InChI is InChI=1S/C19H17F3N4OS/c1-12-5-2-3-8-15(12)24-18-26-25-17(28-18)10-16(27)23-11-13-6-4-7-14(9-13)19(20,21)22/h2-9H,10-11H2,1H3,(H,23,27)(H,24,26). The molecule has 0 bridgehead atoms. The van der Waals surface area contributed by atoms with Crippen LogP contribution in [-0.2, 0) is 23.9 Å². The Bertz CT molecular complexity index is 972. The first kappa shape index (κ1) is 19.8. The minimum atomic E-state index is -4.41. The fourth-order valence-electron chi connectivity index (χ4n) is 2.46. The van der Waals surface area contributed by atoms with Crippen molar-refractivity contribution in [2.45, 2.75) is 26.1 Å². The second-order valence-electron chi connectivity index (χ2n) is 6.09. The van der Waals surface area contributed by atoms with Crippen molar-refractivity contribution in [2.24, 2.45) is 0 Å². The van der Waals surface area contributed by atoms with Gasteiger partial charge in [0.1, 0.15) is 5.01 Å². The molecule has 1 heterocycles. The fourth-order valence-corrected chi connectivity index (χ4v) is 3.21. The summed E-state index contributed by atoms with van der Waals surface area (Å²) in [5.74, 6) is -0.337. The van der Waals surface area contributed by atoms with Gasteiger partial charge >= 0.3 is 6.18 Å². The molecule has 2 aromatic carbocycles. The smallest absolute Gasteiger partial charge is 0.352 e. The fraction of sp³-hybridized carbons (Fsp3) is 0.211. The van der Waals surface area contributed by atoms with Gasteiger partial charge in [0.05, 0.1) is 12.0 Å². The maximum Gasteiger partial charge on any atom is 0.416 e. The quantitative estimate of drug-likeness (QED) is 0.634. The molecule has 28 heavy (non-hydrogen) atoms. The van der Waals surface area contributed by atoms with Crippen LogP contribution in [0.1, 0.15) is 21.7 Å². The van der Waals surface area contributed by atoms with Crippen molar-refractivity contribution >= 4 is 28.1 Å². The largest absolute Gasteiger partial charge is 0.416 e. The van der Waals surface area contributed by atoms with Gasteiger partial charge in [0, 0.05) is 12.2 Å². The predicted octanol–water partition coefficient (Wildman–Crippen LogP) is 4.47. The van der Waals surface area contributed by atoms with Crippen molar-refractivity contribution < 1.29 is 18.0 Å². The van der Waals surface area contributed by atoms with Crippen molar-refractivity contribution in [3.05, 3.63) is 70.2 Å². The summed E-state index contributed by atoms with van der Waals surface area (Å²) in [7, 11) is 0. The van der Waals surface area contributed by atoms with E-state index in [1.807, 2.05) is 31.2 Å². The number of para-hydroxylation sites is 1. The van der Waals surface area contributed by atoms with Crippen LogP contribution >= 0.6 is 11.3 Å². The average Bonchev–Trinajstić information content (AvgIpc) is 3.08. The highest BCUT2D eigenvalue weighted by Crippen LogP contribution is 2.29. The third kappa shape index (κ3) is 5.29. The number of rotatable bonds is 6. The number of nitrogens with one attached hydrogen (secondary N) is 2. The molecule has 0 saturated carbocycles. The SMILES string of the molecule is Cc1ccccc1Nc1nnc(CC(=O)NCc2cccc(C(F)(F)F)c2)s1. The van der Waals surface area contributed by atoms with Crippen LogP contribution in [0.25, 0.3) is 0 Å². The normalized spacial score (nSPS) is 11.3. The van der Waals surface area contributed by atoms with Gasteiger partial charge in [0.25, 0.3) is 0 Å². The molecule has 0 aliphatic carbocycles. The highest BCUT2D eigenvalue weighted by molar-refractivity contribution is 7.15. The lowest BCUT2D eigenvalue weighted by Gasteiger charge is -2.09. The Labute approximate surface area is 163 Å². The number of carbonyl (C=O) groups is 1. The molecule has 0 unspecified atom stereocenters. The van der Waals surface area contributed by atoms with E-state index in [4.69, 9.17) is 0 Å². The zero-order valence-electron chi connectivity index (χ0n) is 14.9. The van der Waals surface area contributed by atoms with Crippen molar-refractivity contribution in [1.29, 1.82) is 0 Å². The van der Waals surface area contributed by atoms with Crippen LogP contribution < -0.4 is 10.6 Å². The minimum Gasteiger partial charge on any atom is -0.352 e. The van der Waals surface area contributed by atoms with Crippen LogP contribution in [-0.4, -0.2) is 16.1 Å². The van der Waals surface area contributed by atoms with Gasteiger partial charge in [-0.2, -0.15) is 13.2 Å². The molecule has 5 nitrogen and oxygen atoms in total. The maximum absolute atomic E-state index is 12.7. The summed E-state index contributed by atoms with van der Waals surface area (Å²) < 4.78 is 38.2. The summed E-state index contributed by atoms with van der Waals surface area (Å²) in [6.45, 7) is 1.97. The predicted molar refractivity (Wildman–Crippen MR) is 101 cm³/mol. The summed E-state index contributed by atoms with van der Waals surface area (Å²) in [5.41, 5.74) is 1.59. The second kappa shape index (κ2) is 8.39. The topological polar surface area (TPSA) is 66.9 Å². The molecule has 0 aliphatic heterocycles. The van der Waals surface area contributed by atoms with Crippen molar-refractivity contribution in [3.8, 4) is 0 Å². The first-order valence-electron chi connectivity index (χ1n) is 8.39. The number of aryl methyl sites for hydroxylation is 1. The molecule has 3 rings (SSSR count). The Morgan fingerprint density at radius 1 is 1.11 bits per heavy atom. The van der Waals surface area contributed by atoms with Crippen molar-refractivity contribution in [3.63, 3.8) is 0 Å². The van der Waals surface area contributed by atoms with Gasteiger partial charge in [0.15, 0.2) is 0 Å². The van der Waals surface area contributed by atoms with Crippen molar-refractivity contribution in [2.75, 3.05) is 5.32 Å². The molecule has 2 N–H and O–H groups in total. The monoisotopic (exact) mass is 406 g/mol. The van der Waals surface area contributed by atoms with E-state index in [1.54, 1.807) is 0 Å². The Balaban J connectivity index is 1.55. The summed E-state index contributed by atoms with van der Waals surface area (Å²) in [6.07, 6.45) is -4.40. The molecule has 0 fully saturated rings. The van der Waals surface area contributed by atoms with Gasteiger partial charge in [-0.15, -0.1) is 10.2 Å². The Morgan fingerprint density at radius 3 is 2.64 bits per heavy atom. The number of carbonyl (C=O) groups excluding carboxylic acids is 1. The number of aromatic nitrogens is 2. The molecule has 9 heteroatoms. The van der Waals surface area contributed by atoms with Gasteiger partial charge in [-0.25, -0.2) is 0 Å². The third-order valence-corrected chi connectivity index (χ3v) is 4.75. The maximum atomic E-state index is 12.7. The summed E-state index contributed by atoms with van der Waals surface area (Å²) >= 11 is 1.25. The molecule has 0 aliphatic rings. The van der Waals surface area contributed by atoms with E-state index in [-0.39, 0.29) is 18.9 Å². The third-order valence-electron chi connectivity index (χ3n) is 3.91. The highest BCUT2D eigenvalue weighted by atomic mass is 32.1. The van der Waals surface area contributed by atoms with Gasteiger partial charge in [0.2, 0.25) is 11.0 Å². The van der Waals surface area contributed by atoms with Crippen LogP contribution in [0.4, 0.5) is 24.0 Å². The molecular weight excluding hydrogens is 389 g/mol. The number of nitrogens with zero attached hydrogens (tertiary/aromatic N) is 2. The van der Waals surface area contributed by atoms with Crippen LogP contribution in [0.2, 0.25) is 0 Å². The van der Waals surface area contributed by atoms with E-state index in [9.17, 15) is 18.0 Å². The lowest BCUT2D eigenvalue weighted by Crippen LogP contribution is -2.24. The van der Waals surface area contributed by atoms with Crippen LogP contribution in [0.15, 0.2) is 48.5 Å². The minimum absolute atomic E-state index is 0.00603. The molecular formula is C19H17F3N4OS. The number of alkyl halides is 3. The average molecular weight is 406 g/mol. The second-order valence-corrected chi connectivity index (χ2v) is 7.15. The van der Waals surface area contributed by atoms with E-state index in [1.165, 1.54) is 23.5 Å². The zero-order valence-corrected chi connectivity index (χ0v) is 15.7. The summed E-state index contributed by atoms with van der Waals surface area (Å²) in [4.78, 5) is 12.1. The first-order valence-corrected chi connectivity index (χ1v) is 9.21. The van der Waals surface area contributed by atoms with E-state index in [0.29, 0.717) is 15.7 Å². The Hall–Kier alpha value is -2.94. The number of hydrogen-bond donors (Lipinski definition) is 2. The number of benzene rings is 2. The van der Waals surface area contributed by atoms with Crippen molar-refractivity contribution in [1.82, 2.24) is 15.5 Å². The Morgan fingerprint density at radius 2 is 1.89 bits per heavy atom. The number of anilines is 2. The molecule has 0 spiro atoms. The van der Waals surface area contributed by atoms with E-state index >= 15 is 0 Å². The van der Waals surface area contributed by atoms with E-state index in [0.717, 1.165) is 23.4 Å². The number of halogens is 3. The molecule has 0 atom stereocenters. The van der Waals surface area contributed by atoms with Crippen LogP contribution in [0.3, 0.4) is 0 Å². The molecule has 146 valence electrons. The Kier molecular flexibility index (Phi) is 5.93. The number of amides is 1. The zero-order chi connectivity index (χ0) is 20.1. The van der Waals surface area contributed by atoms with Crippen LogP contribution in [0, 0.1) is 6.92 Å². The molecule has 1 aromatic heterocycles. The lowest BCUT2D eigenvalue weighted by atomic mass is 10.1.